The molecule has 2 fully saturated rings. The van der Waals surface area contributed by atoms with Gasteiger partial charge in [-0.05, 0) is 51.2 Å². The number of ether oxygens (including phenoxy) is 1. The molecule has 116 valence electrons. The summed E-state index contributed by atoms with van der Waals surface area (Å²) in [4.78, 5) is 2.52. The minimum absolute atomic E-state index is 0.397. The molecule has 3 heteroatoms. The zero-order chi connectivity index (χ0) is 14.7. The van der Waals surface area contributed by atoms with Crippen LogP contribution in [0.1, 0.15) is 43.7 Å². The monoisotopic (exact) mass is 288 g/mol. The molecule has 21 heavy (non-hydrogen) atoms. The summed E-state index contributed by atoms with van der Waals surface area (Å²) in [5.41, 5.74) is 4.20. The Morgan fingerprint density at radius 1 is 1.29 bits per heavy atom. The minimum Gasteiger partial charge on any atom is -0.377 e. The first-order valence-corrected chi connectivity index (χ1v) is 8.45. The standard InChI is InChI=1S/C18H28N2O/c1-3-21-17-5-4-10-20(13-17)18-9-6-14(2)11-15(18)12-19-16-7-8-16/h6,9,11,16-17,19H,3-5,7-8,10,12-13H2,1-2H3. The molecule has 1 aromatic rings. The van der Waals surface area contributed by atoms with Gasteiger partial charge in [0.05, 0.1) is 6.10 Å². The van der Waals surface area contributed by atoms with Crippen molar-refractivity contribution in [3.63, 3.8) is 0 Å². The fourth-order valence-electron chi connectivity index (χ4n) is 3.23. The molecule has 0 radical (unpaired) electrons. The SMILES string of the molecule is CCOC1CCCN(c2ccc(C)cc2CNC2CC2)C1. The summed E-state index contributed by atoms with van der Waals surface area (Å²) in [6.07, 6.45) is 5.52. The van der Waals surface area contributed by atoms with Crippen molar-refractivity contribution in [2.45, 2.75) is 58.2 Å². The third-order valence-corrected chi connectivity index (χ3v) is 4.51. The number of nitrogens with one attached hydrogen (secondary N) is 1. The lowest BCUT2D eigenvalue weighted by Crippen LogP contribution is -2.40. The average molecular weight is 288 g/mol. The van der Waals surface area contributed by atoms with Crippen molar-refractivity contribution in [3.8, 4) is 0 Å². The Morgan fingerprint density at radius 3 is 2.90 bits per heavy atom. The van der Waals surface area contributed by atoms with E-state index in [2.05, 4.69) is 42.3 Å². The van der Waals surface area contributed by atoms with E-state index in [1.165, 1.54) is 42.5 Å². The molecule has 0 amide bonds. The first-order valence-electron chi connectivity index (χ1n) is 8.45. The van der Waals surface area contributed by atoms with Crippen LogP contribution in [-0.2, 0) is 11.3 Å². The summed E-state index contributed by atoms with van der Waals surface area (Å²) in [6.45, 7) is 8.29. The average Bonchev–Trinajstić information content (AvgIpc) is 3.30. The van der Waals surface area contributed by atoms with Crippen LogP contribution in [0.15, 0.2) is 18.2 Å². The number of rotatable bonds is 6. The lowest BCUT2D eigenvalue weighted by atomic mass is 10.0. The number of aryl methyl sites for hydroxylation is 1. The van der Waals surface area contributed by atoms with Crippen LogP contribution < -0.4 is 10.2 Å². The van der Waals surface area contributed by atoms with E-state index in [0.29, 0.717) is 6.10 Å². The molecule has 0 spiro atoms. The van der Waals surface area contributed by atoms with E-state index in [0.717, 1.165) is 32.3 Å². The maximum absolute atomic E-state index is 5.85. The third-order valence-electron chi connectivity index (χ3n) is 4.51. The van der Waals surface area contributed by atoms with Gasteiger partial charge < -0.3 is 15.0 Å². The van der Waals surface area contributed by atoms with E-state index in [4.69, 9.17) is 4.74 Å². The zero-order valence-corrected chi connectivity index (χ0v) is 13.4. The molecule has 1 N–H and O–H groups in total. The Morgan fingerprint density at radius 2 is 2.14 bits per heavy atom. The molecule has 1 unspecified atom stereocenters. The Hall–Kier alpha value is -1.06. The summed E-state index contributed by atoms with van der Waals surface area (Å²) in [5.74, 6) is 0. The van der Waals surface area contributed by atoms with Gasteiger partial charge in [-0.1, -0.05) is 17.7 Å². The van der Waals surface area contributed by atoms with Gasteiger partial charge in [0.1, 0.15) is 0 Å². The number of anilines is 1. The van der Waals surface area contributed by atoms with Crippen LogP contribution in [0.5, 0.6) is 0 Å². The van der Waals surface area contributed by atoms with Gasteiger partial charge in [0.2, 0.25) is 0 Å². The Labute approximate surface area is 128 Å². The maximum atomic E-state index is 5.85. The normalized spacial score (nSPS) is 22.6. The molecule has 3 rings (SSSR count). The predicted octanol–water partition coefficient (Wildman–Crippen LogP) is 3.25. The van der Waals surface area contributed by atoms with Crippen molar-refractivity contribution in [1.29, 1.82) is 0 Å². The molecule has 1 saturated heterocycles. The third kappa shape index (κ3) is 3.98. The lowest BCUT2D eigenvalue weighted by Gasteiger charge is -2.35. The molecule has 2 aliphatic rings. The molecule has 1 saturated carbocycles. The van der Waals surface area contributed by atoms with E-state index in [1.54, 1.807) is 0 Å². The first kappa shape index (κ1) is 14.9. The van der Waals surface area contributed by atoms with Crippen LogP contribution in [0.25, 0.3) is 0 Å². The highest BCUT2D eigenvalue weighted by Crippen LogP contribution is 2.27. The number of hydrogen-bond donors (Lipinski definition) is 1. The van der Waals surface area contributed by atoms with Crippen LogP contribution in [0.4, 0.5) is 5.69 Å². The Balaban J connectivity index is 1.72. The second-order valence-corrected chi connectivity index (χ2v) is 6.45. The van der Waals surface area contributed by atoms with Crippen LogP contribution in [-0.4, -0.2) is 31.8 Å². The van der Waals surface area contributed by atoms with Gasteiger partial charge in [-0.3, -0.25) is 0 Å². The fourth-order valence-corrected chi connectivity index (χ4v) is 3.23. The summed E-state index contributed by atoms with van der Waals surface area (Å²) in [5, 5.41) is 3.66. The van der Waals surface area contributed by atoms with Crippen molar-refractivity contribution in [2.24, 2.45) is 0 Å². The van der Waals surface area contributed by atoms with Gasteiger partial charge in [-0.15, -0.1) is 0 Å². The second kappa shape index (κ2) is 6.80. The minimum atomic E-state index is 0.397. The highest BCUT2D eigenvalue weighted by molar-refractivity contribution is 5.55. The van der Waals surface area contributed by atoms with Gasteiger partial charge in [-0.25, -0.2) is 0 Å². The molecule has 0 bridgehead atoms. The quantitative estimate of drug-likeness (QED) is 0.869. The van der Waals surface area contributed by atoms with Crippen molar-refractivity contribution < 1.29 is 4.74 Å². The molecule has 1 aliphatic carbocycles. The molecule has 1 atom stereocenters. The van der Waals surface area contributed by atoms with E-state index < -0.39 is 0 Å². The molecule has 3 nitrogen and oxygen atoms in total. The number of hydrogen-bond acceptors (Lipinski definition) is 3. The van der Waals surface area contributed by atoms with Crippen molar-refractivity contribution in [3.05, 3.63) is 29.3 Å². The van der Waals surface area contributed by atoms with Gasteiger partial charge in [0, 0.05) is 38.0 Å². The summed E-state index contributed by atoms with van der Waals surface area (Å²) in [6, 6.07) is 7.64. The number of piperidine rings is 1. The topological polar surface area (TPSA) is 24.5 Å². The van der Waals surface area contributed by atoms with Crippen molar-refractivity contribution in [1.82, 2.24) is 5.32 Å². The Bertz CT molecular complexity index is 468. The van der Waals surface area contributed by atoms with Gasteiger partial charge in [-0.2, -0.15) is 0 Å². The van der Waals surface area contributed by atoms with E-state index >= 15 is 0 Å². The van der Waals surface area contributed by atoms with Gasteiger partial charge in [0.15, 0.2) is 0 Å². The Kier molecular flexibility index (Phi) is 4.81. The smallest absolute Gasteiger partial charge is 0.0750 e. The van der Waals surface area contributed by atoms with E-state index in [1.807, 2.05) is 0 Å². The second-order valence-electron chi connectivity index (χ2n) is 6.45. The largest absolute Gasteiger partial charge is 0.377 e. The molecule has 1 aromatic carbocycles. The van der Waals surface area contributed by atoms with Crippen LogP contribution in [0.2, 0.25) is 0 Å². The molecular weight excluding hydrogens is 260 g/mol. The van der Waals surface area contributed by atoms with E-state index in [-0.39, 0.29) is 0 Å². The summed E-state index contributed by atoms with van der Waals surface area (Å²) < 4.78 is 5.85. The van der Waals surface area contributed by atoms with E-state index in [9.17, 15) is 0 Å². The van der Waals surface area contributed by atoms with Crippen LogP contribution in [0, 0.1) is 6.92 Å². The summed E-state index contributed by atoms with van der Waals surface area (Å²) >= 11 is 0. The molecular formula is C18H28N2O. The summed E-state index contributed by atoms with van der Waals surface area (Å²) in [7, 11) is 0. The maximum Gasteiger partial charge on any atom is 0.0750 e. The molecule has 0 aromatic heterocycles. The molecule has 1 aliphatic heterocycles. The highest BCUT2D eigenvalue weighted by atomic mass is 16.5. The van der Waals surface area contributed by atoms with Crippen LogP contribution >= 0.6 is 0 Å². The van der Waals surface area contributed by atoms with Gasteiger partial charge in [0.25, 0.3) is 0 Å². The molecule has 1 heterocycles. The first-order chi connectivity index (χ1) is 10.3. The van der Waals surface area contributed by atoms with Gasteiger partial charge >= 0.3 is 0 Å². The fraction of sp³-hybridized carbons (Fsp3) is 0.667. The van der Waals surface area contributed by atoms with Crippen molar-refractivity contribution >= 4 is 5.69 Å². The number of benzene rings is 1. The number of nitrogens with zero attached hydrogens (tertiary/aromatic N) is 1. The van der Waals surface area contributed by atoms with Crippen LogP contribution in [0.3, 0.4) is 0 Å². The predicted molar refractivity (Wildman–Crippen MR) is 87.9 cm³/mol. The zero-order valence-electron chi connectivity index (χ0n) is 13.4. The highest BCUT2D eigenvalue weighted by Gasteiger charge is 2.24. The van der Waals surface area contributed by atoms with Crippen molar-refractivity contribution in [2.75, 3.05) is 24.6 Å². The lowest BCUT2D eigenvalue weighted by molar-refractivity contribution is 0.0526.